The van der Waals surface area contributed by atoms with E-state index in [2.05, 4.69) is 25.7 Å². The van der Waals surface area contributed by atoms with Crippen LogP contribution in [-0.4, -0.2) is 43.2 Å². The standard InChI is InChI=1S/C18H18N6O2S2/c1-12-7-8-14(25-2)13(11-12)24-18(20-22-23-24)28-10-4-6-16-19-17(21-26-16)15-5-3-9-27-15/h3,5,7-9,11H,4,6,10H2,1-2H3. The van der Waals surface area contributed by atoms with E-state index in [9.17, 15) is 0 Å². The van der Waals surface area contributed by atoms with Gasteiger partial charge in [0.1, 0.15) is 11.4 Å². The number of rotatable bonds is 8. The fourth-order valence-corrected chi connectivity index (χ4v) is 4.11. The second-order valence-corrected chi connectivity index (χ2v) is 8.00. The molecule has 3 aromatic heterocycles. The molecule has 0 amide bonds. The molecule has 28 heavy (non-hydrogen) atoms. The number of methoxy groups -OCH3 is 1. The lowest BCUT2D eigenvalue weighted by atomic mass is 10.2. The molecule has 10 heteroatoms. The van der Waals surface area contributed by atoms with Gasteiger partial charge in [0.2, 0.25) is 16.9 Å². The molecule has 0 atom stereocenters. The summed E-state index contributed by atoms with van der Waals surface area (Å²) in [6.45, 7) is 2.02. The summed E-state index contributed by atoms with van der Waals surface area (Å²) in [5.74, 6) is 2.84. The van der Waals surface area contributed by atoms with Crippen LogP contribution in [0.5, 0.6) is 5.75 Å². The van der Waals surface area contributed by atoms with Gasteiger partial charge in [0.05, 0.1) is 12.0 Å². The molecule has 0 saturated carbocycles. The molecule has 0 spiro atoms. The van der Waals surface area contributed by atoms with Crippen LogP contribution in [-0.2, 0) is 6.42 Å². The minimum absolute atomic E-state index is 0.643. The maximum absolute atomic E-state index is 5.44. The quantitative estimate of drug-likeness (QED) is 0.317. The number of hydrogen-bond donors (Lipinski definition) is 0. The van der Waals surface area contributed by atoms with Crippen LogP contribution in [0, 0.1) is 6.92 Å². The largest absolute Gasteiger partial charge is 0.494 e. The Bertz CT molecular complexity index is 1040. The average Bonchev–Trinajstić information content (AvgIpc) is 3.46. The first-order valence-corrected chi connectivity index (χ1v) is 10.5. The molecule has 144 valence electrons. The molecule has 0 saturated heterocycles. The second kappa shape index (κ2) is 8.53. The molecule has 0 N–H and O–H groups in total. The smallest absolute Gasteiger partial charge is 0.227 e. The Morgan fingerprint density at radius 2 is 2.21 bits per heavy atom. The van der Waals surface area contributed by atoms with Crippen LogP contribution in [0.15, 0.2) is 45.4 Å². The second-order valence-electron chi connectivity index (χ2n) is 5.99. The highest BCUT2D eigenvalue weighted by atomic mass is 32.2. The van der Waals surface area contributed by atoms with Gasteiger partial charge in [-0.25, -0.2) is 0 Å². The molecule has 0 bridgehead atoms. The lowest BCUT2D eigenvalue weighted by Crippen LogP contribution is -2.03. The highest BCUT2D eigenvalue weighted by Gasteiger charge is 2.14. The summed E-state index contributed by atoms with van der Waals surface area (Å²) >= 11 is 3.18. The summed E-state index contributed by atoms with van der Waals surface area (Å²) in [5.41, 5.74) is 1.94. The molecule has 0 fully saturated rings. The molecular formula is C18H18N6O2S2. The van der Waals surface area contributed by atoms with Gasteiger partial charge in [0.25, 0.3) is 0 Å². The normalized spacial score (nSPS) is 11.1. The van der Waals surface area contributed by atoms with E-state index < -0.39 is 0 Å². The summed E-state index contributed by atoms with van der Waals surface area (Å²) < 4.78 is 12.5. The molecule has 0 aliphatic heterocycles. The first-order valence-electron chi connectivity index (χ1n) is 8.67. The lowest BCUT2D eigenvalue weighted by Gasteiger charge is -2.10. The van der Waals surface area contributed by atoms with Gasteiger partial charge in [0, 0.05) is 12.2 Å². The van der Waals surface area contributed by atoms with Gasteiger partial charge in [-0.3, -0.25) is 0 Å². The van der Waals surface area contributed by atoms with Crippen LogP contribution in [0.3, 0.4) is 0 Å². The molecule has 0 aliphatic rings. The van der Waals surface area contributed by atoms with Crippen LogP contribution in [0.1, 0.15) is 17.9 Å². The molecule has 1 aromatic carbocycles. The van der Waals surface area contributed by atoms with Gasteiger partial charge in [-0.05, 0) is 52.9 Å². The van der Waals surface area contributed by atoms with Crippen molar-refractivity contribution in [2.45, 2.75) is 24.9 Å². The molecular weight excluding hydrogens is 396 g/mol. The van der Waals surface area contributed by atoms with E-state index >= 15 is 0 Å². The Morgan fingerprint density at radius 3 is 3.04 bits per heavy atom. The molecule has 0 unspecified atom stereocenters. The number of nitrogens with zero attached hydrogens (tertiary/aromatic N) is 6. The highest BCUT2D eigenvalue weighted by molar-refractivity contribution is 7.99. The maximum atomic E-state index is 5.44. The van der Waals surface area contributed by atoms with Gasteiger partial charge in [-0.1, -0.05) is 29.1 Å². The van der Waals surface area contributed by atoms with Crippen molar-refractivity contribution in [1.29, 1.82) is 0 Å². The topological polar surface area (TPSA) is 91.8 Å². The van der Waals surface area contributed by atoms with Crippen molar-refractivity contribution in [3.63, 3.8) is 0 Å². The Morgan fingerprint density at radius 1 is 1.29 bits per heavy atom. The Kier molecular flexibility index (Phi) is 5.68. The van der Waals surface area contributed by atoms with E-state index in [1.165, 1.54) is 0 Å². The summed E-state index contributed by atoms with van der Waals surface area (Å²) in [6, 6.07) is 9.87. The maximum Gasteiger partial charge on any atom is 0.227 e. The monoisotopic (exact) mass is 414 g/mol. The zero-order chi connectivity index (χ0) is 19.3. The summed E-state index contributed by atoms with van der Waals surface area (Å²) in [5, 5.41) is 18.8. The van der Waals surface area contributed by atoms with Crippen molar-refractivity contribution in [2.75, 3.05) is 12.9 Å². The van der Waals surface area contributed by atoms with E-state index in [0.717, 1.165) is 34.1 Å². The molecule has 4 aromatic rings. The predicted octanol–water partition coefficient (Wildman–Crippen LogP) is 3.82. The van der Waals surface area contributed by atoms with Crippen molar-refractivity contribution >= 4 is 23.1 Å². The van der Waals surface area contributed by atoms with Crippen LogP contribution in [0.4, 0.5) is 0 Å². The SMILES string of the molecule is COc1ccc(C)cc1-n1nnnc1SCCCc1nc(-c2cccs2)no1. The first kappa shape index (κ1) is 18.6. The van der Waals surface area contributed by atoms with Crippen LogP contribution >= 0.6 is 23.1 Å². The molecule has 8 nitrogen and oxygen atoms in total. The summed E-state index contributed by atoms with van der Waals surface area (Å²) in [4.78, 5) is 5.46. The number of thiophene rings is 1. The van der Waals surface area contributed by atoms with Gasteiger partial charge >= 0.3 is 0 Å². The molecule has 3 heterocycles. The fraction of sp³-hybridized carbons (Fsp3) is 0.278. The zero-order valence-electron chi connectivity index (χ0n) is 15.4. The Balaban J connectivity index is 1.37. The van der Waals surface area contributed by atoms with Crippen molar-refractivity contribution in [3.8, 4) is 22.1 Å². The minimum Gasteiger partial charge on any atom is -0.494 e. The lowest BCUT2D eigenvalue weighted by molar-refractivity contribution is 0.378. The molecule has 4 rings (SSSR count). The zero-order valence-corrected chi connectivity index (χ0v) is 17.0. The number of benzene rings is 1. The van der Waals surface area contributed by atoms with Crippen LogP contribution in [0.2, 0.25) is 0 Å². The highest BCUT2D eigenvalue weighted by Crippen LogP contribution is 2.27. The van der Waals surface area contributed by atoms with E-state index in [1.807, 2.05) is 42.6 Å². The number of aryl methyl sites for hydroxylation is 2. The number of tetrazole rings is 1. The third-order valence-corrected chi connectivity index (χ3v) is 5.85. The Labute approximate surface area is 169 Å². The third-order valence-electron chi connectivity index (χ3n) is 3.98. The van der Waals surface area contributed by atoms with E-state index in [1.54, 1.807) is 34.9 Å². The van der Waals surface area contributed by atoms with E-state index in [4.69, 9.17) is 9.26 Å². The Hall–Kier alpha value is -2.72. The predicted molar refractivity (Wildman–Crippen MR) is 107 cm³/mol. The van der Waals surface area contributed by atoms with Crippen LogP contribution < -0.4 is 4.74 Å². The van der Waals surface area contributed by atoms with Gasteiger partial charge in [-0.2, -0.15) is 9.67 Å². The van der Waals surface area contributed by atoms with Crippen molar-refractivity contribution < 1.29 is 9.26 Å². The van der Waals surface area contributed by atoms with Gasteiger partial charge in [0.15, 0.2) is 0 Å². The van der Waals surface area contributed by atoms with E-state index in [0.29, 0.717) is 23.3 Å². The van der Waals surface area contributed by atoms with Gasteiger partial charge in [-0.15, -0.1) is 16.4 Å². The van der Waals surface area contributed by atoms with Crippen molar-refractivity contribution in [2.24, 2.45) is 0 Å². The number of thioether (sulfide) groups is 1. The minimum atomic E-state index is 0.643. The number of hydrogen-bond acceptors (Lipinski definition) is 9. The average molecular weight is 415 g/mol. The first-order chi connectivity index (χ1) is 13.7. The third kappa shape index (κ3) is 4.07. The fourth-order valence-electron chi connectivity index (χ4n) is 2.63. The van der Waals surface area contributed by atoms with Gasteiger partial charge < -0.3 is 9.26 Å². The summed E-state index contributed by atoms with van der Waals surface area (Å²) in [7, 11) is 1.64. The molecule has 0 radical (unpaired) electrons. The van der Waals surface area contributed by atoms with Crippen molar-refractivity contribution in [1.82, 2.24) is 30.3 Å². The summed E-state index contributed by atoms with van der Waals surface area (Å²) in [6.07, 6.45) is 1.58. The van der Waals surface area contributed by atoms with E-state index in [-0.39, 0.29) is 0 Å². The molecule has 0 aliphatic carbocycles. The number of aromatic nitrogens is 6. The number of ether oxygens (including phenoxy) is 1. The van der Waals surface area contributed by atoms with Crippen molar-refractivity contribution in [3.05, 3.63) is 47.2 Å². The van der Waals surface area contributed by atoms with Crippen LogP contribution in [0.25, 0.3) is 16.4 Å².